The number of rotatable bonds is 4. The summed E-state index contributed by atoms with van der Waals surface area (Å²) >= 11 is 3.45. The molecule has 0 aliphatic heterocycles. The molecule has 0 amide bonds. The fraction of sp³-hybridized carbons (Fsp3) is 0.750. The molecule has 0 saturated carbocycles. The molecule has 0 aliphatic rings. The third-order valence-corrected chi connectivity index (χ3v) is 2.91. The molecule has 68 valence electrons. The first-order valence-electron chi connectivity index (χ1n) is 4.13. The van der Waals surface area contributed by atoms with Gasteiger partial charge in [0.15, 0.2) is 0 Å². The van der Waals surface area contributed by atoms with Gasteiger partial charge in [0.05, 0.1) is 5.69 Å². The van der Waals surface area contributed by atoms with Crippen molar-refractivity contribution >= 4 is 15.9 Å². The van der Waals surface area contributed by atoms with E-state index >= 15 is 0 Å². The third-order valence-electron chi connectivity index (χ3n) is 1.81. The van der Waals surface area contributed by atoms with Gasteiger partial charge in [0.2, 0.25) is 0 Å². The molecule has 0 spiro atoms. The van der Waals surface area contributed by atoms with E-state index in [1.54, 1.807) is 4.68 Å². The maximum absolute atomic E-state index is 4.02. The van der Waals surface area contributed by atoms with Crippen LogP contribution in [0.25, 0.3) is 0 Å². The minimum absolute atomic E-state index is 0.715. The summed E-state index contributed by atoms with van der Waals surface area (Å²) in [6.45, 7) is 2.23. The SMILES string of the molecule is CC(CBr)CCc1cn(C)nn1. The summed E-state index contributed by atoms with van der Waals surface area (Å²) in [6, 6.07) is 0. The van der Waals surface area contributed by atoms with Crippen molar-refractivity contribution in [3.8, 4) is 0 Å². The lowest BCUT2D eigenvalue weighted by atomic mass is 10.1. The van der Waals surface area contributed by atoms with Gasteiger partial charge in [-0.2, -0.15) is 0 Å². The van der Waals surface area contributed by atoms with E-state index in [9.17, 15) is 0 Å². The average Bonchev–Trinajstić information content (AvgIpc) is 2.47. The average molecular weight is 232 g/mol. The van der Waals surface area contributed by atoms with Gasteiger partial charge < -0.3 is 0 Å². The Morgan fingerprint density at radius 3 is 2.92 bits per heavy atom. The van der Waals surface area contributed by atoms with Crippen molar-refractivity contribution in [2.75, 3.05) is 5.33 Å². The summed E-state index contributed by atoms with van der Waals surface area (Å²) in [4.78, 5) is 0. The molecule has 0 radical (unpaired) electrons. The molecule has 0 aromatic carbocycles. The van der Waals surface area contributed by atoms with Gasteiger partial charge in [0.25, 0.3) is 0 Å². The maximum Gasteiger partial charge on any atom is 0.0827 e. The molecule has 1 aromatic rings. The molecule has 1 atom stereocenters. The number of alkyl halides is 1. The maximum atomic E-state index is 4.02. The van der Waals surface area contributed by atoms with Gasteiger partial charge in [-0.15, -0.1) is 5.10 Å². The van der Waals surface area contributed by atoms with Gasteiger partial charge in [0.1, 0.15) is 0 Å². The van der Waals surface area contributed by atoms with Gasteiger partial charge in [-0.1, -0.05) is 28.1 Å². The first-order chi connectivity index (χ1) is 5.72. The Morgan fingerprint density at radius 2 is 2.42 bits per heavy atom. The fourth-order valence-electron chi connectivity index (χ4n) is 0.981. The molecule has 1 rings (SSSR count). The number of aromatic nitrogens is 3. The molecule has 12 heavy (non-hydrogen) atoms. The highest BCUT2D eigenvalue weighted by Crippen LogP contribution is 2.09. The summed E-state index contributed by atoms with van der Waals surface area (Å²) in [7, 11) is 1.89. The van der Waals surface area contributed by atoms with Crippen molar-refractivity contribution in [1.82, 2.24) is 15.0 Å². The van der Waals surface area contributed by atoms with Crippen molar-refractivity contribution in [3.05, 3.63) is 11.9 Å². The molecule has 1 aromatic heterocycles. The van der Waals surface area contributed by atoms with Crippen LogP contribution in [0.5, 0.6) is 0 Å². The predicted molar refractivity (Wildman–Crippen MR) is 52.3 cm³/mol. The van der Waals surface area contributed by atoms with E-state index in [2.05, 4.69) is 33.2 Å². The second kappa shape index (κ2) is 4.60. The standard InChI is InChI=1S/C8H14BrN3/c1-7(5-9)3-4-8-6-12(2)11-10-8/h6-7H,3-5H2,1-2H3. The summed E-state index contributed by atoms with van der Waals surface area (Å²) < 4.78 is 1.74. The van der Waals surface area contributed by atoms with E-state index in [0.29, 0.717) is 5.92 Å². The number of hydrogen-bond donors (Lipinski definition) is 0. The lowest BCUT2D eigenvalue weighted by Crippen LogP contribution is -1.98. The number of halogens is 1. The number of nitrogens with zero attached hydrogens (tertiary/aromatic N) is 3. The largest absolute Gasteiger partial charge is 0.255 e. The van der Waals surface area contributed by atoms with Crippen molar-refractivity contribution in [1.29, 1.82) is 0 Å². The Labute approximate surface area is 81.3 Å². The highest BCUT2D eigenvalue weighted by atomic mass is 79.9. The molecule has 1 unspecified atom stereocenters. The van der Waals surface area contributed by atoms with Gasteiger partial charge in [-0.3, -0.25) is 4.68 Å². The predicted octanol–water partition coefficient (Wildman–Crippen LogP) is 1.78. The second-order valence-electron chi connectivity index (χ2n) is 3.18. The Balaban J connectivity index is 2.33. The smallest absolute Gasteiger partial charge is 0.0827 e. The minimum atomic E-state index is 0.715. The van der Waals surface area contributed by atoms with E-state index in [0.717, 1.165) is 17.4 Å². The molecular weight excluding hydrogens is 218 g/mol. The van der Waals surface area contributed by atoms with Crippen molar-refractivity contribution in [2.24, 2.45) is 13.0 Å². The van der Waals surface area contributed by atoms with E-state index < -0.39 is 0 Å². The lowest BCUT2D eigenvalue weighted by molar-refractivity contribution is 0.593. The van der Waals surface area contributed by atoms with Crippen LogP contribution in [0, 0.1) is 5.92 Å². The summed E-state index contributed by atoms with van der Waals surface area (Å²) in [5, 5.41) is 8.96. The number of hydrogen-bond acceptors (Lipinski definition) is 2. The summed E-state index contributed by atoms with van der Waals surface area (Å²) in [5.41, 5.74) is 1.09. The van der Waals surface area contributed by atoms with Crippen LogP contribution >= 0.6 is 15.9 Å². The van der Waals surface area contributed by atoms with Gasteiger partial charge in [-0.05, 0) is 18.8 Å². The van der Waals surface area contributed by atoms with Gasteiger partial charge in [0, 0.05) is 18.6 Å². The molecule has 0 N–H and O–H groups in total. The van der Waals surface area contributed by atoms with E-state index in [1.807, 2.05) is 13.2 Å². The first-order valence-corrected chi connectivity index (χ1v) is 5.25. The summed E-state index contributed by atoms with van der Waals surface area (Å²) in [5.74, 6) is 0.715. The lowest BCUT2D eigenvalue weighted by Gasteiger charge is -2.03. The van der Waals surface area contributed by atoms with Crippen LogP contribution in [0.3, 0.4) is 0 Å². The van der Waals surface area contributed by atoms with Gasteiger partial charge in [-0.25, -0.2) is 0 Å². The zero-order valence-corrected chi connectivity index (χ0v) is 9.08. The van der Waals surface area contributed by atoms with Crippen LogP contribution in [-0.4, -0.2) is 20.3 Å². The number of aryl methyl sites for hydroxylation is 2. The quantitative estimate of drug-likeness (QED) is 0.741. The zero-order valence-electron chi connectivity index (χ0n) is 7.50. The van der Waals surface area contributed by atoms with Crippen LogP contribution in [-0.2, 0) is 13.5 Å². The van der Waals surface area contributed by atoms with Crippen LogP contribution in [0.2, 0.25) is 0 Å². The Morgan fingerprint density at radius 1 is 1.67 bits per heavy atom. The highest BCUT2D eigenvalue weighted by molar-refractivity contribution is 9.09. The molecule has 0 saturated heterocycles. The molecule has 3 nitrogen and oxygen atoms in total. The second-order valence-corrected chi connectivity index (χ2v) is 3.83. The van der Waals surface area contributed by atoms with E-state index in [-0.39, 0.29) is 0 Å². The van der Waals surface area contributed by atoms with Gasteiger partial charge >= 0.3 is 0 Å². The van der Waals surface area contributed by atoms with Crippen LogP contribution in [0.1, 0.15) is 19.0 Å². The topological polar surface area (TPSA) is 30.7 Å². The Kier molecular flexibility index (Phi) is 3.72. The minimum Gasteiger partial charge on any atom is -0.255 e. The molecule has 0 bridgehead atoms. The van der Waals surface area contributed by atoms with Crippen LogP contribution in [0.15, 0.2) is 6.20 Å². The Bertz CT molecular complexity index is 234. The molecular formula is C8H14BrN3. The van der Waals surface area contributed by atoms with Crippen molar-refractivity contribution < 1.29 is 0 Å². The molecule has 0 fully saturated rings. The normalized spacial score (nSPS) is 13.2. The molecule has 1 heterocycles. The van der Waals surface area contributed by atoms with Crippen molar-refractivity contribution in [3.63, 3.8) is 0 Å². The van der Waals surface area contributed by atoms with Crippen LogP contribution in [0.4, 0.5) is 0 Å². The third kappa shape index (κ3) is 2.93. The summed E-state index contributed by atoms with van der Waals surface area (Å²) in [6.07, 6.45) is 4.17. The zero-order chi connectivity index (χ0) is 8.97. The first kappa shape index (κ1) is 9.71. The highest BCUT2D eigenvalue weighted by Gasteiger charge is 2.02. The molecule has 0 aliphatic carbocycles. The molecule has 4 heteroatoms. The Hall–Kier alpha value is -0.380. The van der Waals surface area contributed by atoms with E-state index in [4.69, 9.17) is 0 Å². The fourth-order valence-corrected chi connectivity index (χ4v) is 1.31. The van der Waals surface area contributed by atoms with E-state index in [1.165, 1.54) is 6.42 Å². The van der Waals surface area contributed by atoms with Crippen LogP contribution < -0.4 is 0 Å². The monoisotopic (exact) mass is 231 g/mol. The van der Waals surface area contributed by atoms with Crippen molar-refractivity contribution in [2.45, 2.75) is 19.8 Å².